The first-order valence-electron chi connectivity index (χ1n) is 7.37. The first-order valence-corrected chi connectivity index (χ1v) is 8.16. The predicted octanol–water partition coefficient (Wildman–Crippen LogP) is 4.28. The SMILES string of the molecule is Cn1cc(C(=O)c2cc3ccccc3oc2=O)c2cc(Br)ccc21. The molecule has 24 heavy (non-hydrogen) atoms. The number of aromatic nitrogens is 1. The zero-order chi connectivity index (χ0) is 16.8. The smallest absolute Gasteiger partial charge is 0.347 e. The molecule has 2 aromatic heterocycles. The first-order chi connectivity index (χ1) is 11.5. The third-order valence-electron chi connectivity index (χ3n) is 4.08. The summed E-state index contributed by atoms with van der Waals surface area (Å²) >= 11 is 3.43. The number of halogens is 1. The Labute approximate surface area is 145 Å². The van der Waals surface area contributed by atoms with E-state index in [1.807, 2.05) is 41.9 Å². The van der Waals surface area contributed by atoms with Crippen LogP contribution in [0, 0.1) is 0 Å². The number of nitrogens with zero attached hydrogens (tertiary/aromatic N) is 1. The second-order valence-corrected chi connectivity index (χ2v) is 6.55. The summed E-state index contributed by atoms with van der Waals surface area (Å²) in [6.07, 6.45) is 1.74. The van der Waals surface area contributed by atoms with Gasteiger partial charge in [0.1, 0.15) is 11.1 Å². The second kappa shape index (κ2) is 5.46. The van der Waals surface area contributed by atoms with Crippen LogP contribution in [-0.4, -0.2) is 10.4 Å². The Morgan fingerprint density at radius 3 is 2.71 bits per heavy atom. The molecule has 0 bridgehead atoms. The van der Waals surface area contributed by atoms with Gasteiger partial charge in [0.15, 0.2) is 0 Å². The fraction of sp³-hybridized carbons (Fsp3) is 0.0526. The van der Waals surface area contributed by atoms with Gasteiger partial charge >= 0.3 is 5.63 Å². The molecule has 0 saturated carbocycles. The number of ketones is 1. The molecule has 2 heterocycles. The highest BCUT2D eigenvalue weighted by atomic mass is 79.9. The van der Waals surface area contributed by atoms with E-state index in [1.165, 1.54) is 0 Å². The van der Waals surface area contributed by atoms with Crippen LogP contribution in [0.4, 0.5) is 0 Å². The fourth-order valence-corrected chi connectivity index (χ4v) is 3.27. The maximum atomic E-state index is 13.0. The molecule has 0 aliphatic rings. The molecular weight excluding hydrogens is 370 g/mol. The summed E-state index contributed by atoms with van der Waals surface area (Å²) < 4.78 is 8.03. The van der Waals surface area contributed by atoms with Crippen LogP contribution in [0.1, 0.15) is 15.9 Å². The van der Waals surface area contributed by atoms with Gasteiger partial charge in [0.2, 0.25) is 5.78 Å². The number of rotatable bonds is 2. The number of para-hydroxylation sites is 1. The zero-order valence-electron chi connectivity index (χ0n) is 12.7. The van der Waals surface area contributed by atoms with Gasteiger partial charge in [-0.05, 0) is 30.3 Å². The minimum absolute atomic E-state index is 0.0428. The van der Waals surface area contributed by atoms with E-state index in [2.05, 4.69) is 15.9 Å². The van der Waals surface area contributed by atoms with Crippen LogP contribution in [0.15, 0.2) is 68.4 Å². The van der Waals surface area contributed by atoms with Gasteiger partial charge < -0.3 is 8.98 Å². The Bertz CT molecular complexity index is 1170. The van der Waals surface area contributed by atoms with Crippen LogP contribution in [0.25, 0.3) is 21.9 Å². The lowest BCUT2D eigenvalue weighted by Crippen LogP contribution is -2.14. The van der Waals surface area contributed by atoms with Gasteiger partial charge in [-0.1, -0.05) is 34.1 Å². The molecule has 0 fully saturated rings. The molecule has 5 heteroatoms. The van der Waals surface area contributed by atoms with E-state index < -0.39 is 5.63 Å². The van der Waals surface area contributed by atoms with Crippen LogP contribution < -0.4 is 5.63 Å². The van der Waals surface area contributed by atoms with E-state index in [0.717, 1.165) is 20.8 Å². The van der Waals surface area contributed by atoms with Gasteiger partial charge in [-0.15, -0.1) is 0 Å². The largest absolute Gasteiger partial charge is 0.422 e. The number of carbonyl (C=O) groups excluding carboxylic acids is 1. The molecule has 0 aliphatic carbocycles. The molecule has 0 radical (unpaired) electrons. The Kier molecular flexibility index (Phi) is 3.39. The van der Waals surface area contributed by atoms with Crippen LogP contribution >= 0.6 is 15.9 Å². The molecule has 118 valence electrons. The Morgan fingerprint density at radius 2 is 1.88 bits per heavy atom. The summed E-state index contributed by atoms with van der Waals surface area (Å²) in [5, 5.41) is 1.52. The highest BCUT2D eigenvalue weighted by molar-refractivity contribution is 9.10. The molecule has 4 aromatic rings. The van der Waals surface area contributed by atoms with E-state index in [-0.39, 0.29) is 11.3 Å². The van der Waals surface area contributed by atoms with Crippen molar-refractivity contribution in [1.82, 2.24) is 4.57 Å². The molecule has 2 aromatic carbocycles. The van der Waals surface area contributed by atoms with Crippen LogP contribution in [0.5, 0.6) is 0 Å². The van der Waals surface area contributed by atoms with Gasteiger partial charge in [-0.25, -0.2) is 4.79 Å². The van der Waals surface area contributed by atoms with Crippen molar-refractivity contribution in [3.8, 4) is 0 Å². The first kappa shape index (κ1) is 14.9. The number of aryl methyl sites for hydroxylation is 1. The highest BCUT2D eigenvalue weighted by Gasteiger charge is 2.20. The molecule has 0 spiro atoms. The standard InChI is InChI=1S/C19H12BrNO3/c1-21-10-15(13-9-12(20)6-7-16(13)21)18(22)14-8-11-4-2-3-5-17(11)24-19(14)23/h2-10H,1H3. The van der Waals surface area contributed by atoms with Crippen LogP contribution in [-0.2, 0) is 7.05 Å². The summed E-state index contributed by atoms with van der Waals surface area (Å²) in [5.74, 6) is -0.335. The molecule has 0 saturated heterocycles. The fourth-order valence-electron chi connectivity index (χ4n) is 2.91. The molecule has 0 N–H and O–H groups in total. The quantitative estimate of drug-likeness (QED) is 0.384. The number of benzene rings is 2. The van der Waals surface area contributed by atoms with Gasteiger partial charge in [0.05, 0.1) is 0 Å². The van der Waals surface area contributed by atoms with Crippen molar-refractivity contribution in [2.24, 2.45) is 7.05 Å². The Balaban J connectivity index is 1.95. The van der Waals surface area contributed by atoms with Gasteiger partial charge in [-0.3, -0.25) is 4.79 Å². The normalized spacial score (nSPS) is 11.2. The summed E-state index contributed by atoms with van der Waals surface area (Å²) in [7, 11) is 1.87. The minimum Gasteiger partial charge on any atom is -0.422 e. The van der Waals surface area contributed by atoms with Crippen molar-refractivity contribution >= 4 is 43.6 Å². The van der Waals surface area contributed by atoms with Crippen molar-refractivity contribution in [2.45, 2.75) is 0 Å². The van der Waals surface area contributed by atoms with Crippen molar-refractivity contribution in [3.63, 3.8) is 0 Å². The van der Waals surface area contributed by atoms with E-state index in [9.17, 15) is 9.59 Å². The van der Waals surface area contributed by atoms with Gasteiger partial charge in [-0.2, -0.15) is 0 Å². The molecule has 0 aliphatic heterocycles. The van der Waals surface area contributed by atoms with Crippen molar-refractivity contribution in [2.75, 3.05) is 0 Å². The van der Waals surface area contributed by atoms with E-state index in [4.69, 9.17) is 4.42 Å². The van der Waals surface area contributed by atoms with E-state index in [1.54, 1.807) is 24.4 Å². The van der Waals surface area contributed by atoms with Crippen molar-refractivity contribution in [3.05, 3.63) is 80.7 Å². The van der Waals surface area contributed by atoms with Gasteiger partial charge in [0, 0.05) is 39.6 Å². The number of hydrogen-bond donors (Lipinski definition) is 0. The zero-order valence-corrected chi connectivity index (χ0v) is 14.3. The monoisotopic (exact) mass is 381 g/mol. The Hall–Kier alpha value is -2.66. The minimum atomic E-state index is -0.620. The summed E-state index contributed by atoms with van der Waals surface area (Å²) in [4.78, 5) is 25.2. The third kappa shape index (κ3) is 2.29. The topological polar surface area (TPSA) is 52.2 Å². The lowest BCUT2D eigenvalue weighted by molar-refractivity contribution is 0.103. The molecular formula is C19H12BrNO3. The van der Waals surface area contributed by atoms with E-state index in [0.29, 0.717) is 11.1 Å². The average Bonchev–Trinajstić information content (AvgIpc) is 2.89. The maximum Gasteiger partial charge on any atom is 0.347 e. The molecule has 0 unspecified atom stereocenters. The number of fused-ring (bicyclic) bond motifs is 2. The van der Waals surface area contributed by atoms with Crippen LogP contribution in [0.3, 0.4) is 0 Å². The lowest BCUT2D eigenvalue weighted by atomic mass is 10.0. The van der Waals surface area contributed by atoms with Gasteiger partial charge in [0.25, 0.3) is 0 Å². The highest BCUT2D eigenvalue weighted by Crippen LogP contribution is 2.26. The van der Waals surface area contributed by atoms with Crippen molar-refractivity contribution in [1.29, 1.82) is 0 Å². The second-order valence-electron chi connectivity index (χ2n) is 5.63. The van der Waals surface area contributed by atoms with Crippen molar-refractivity contribution < 1.29 is 9.21 Å². The number of hydrogen-bond acceptors (Lipinski definition) is 3. The summed E-state index contributed by atoms with van der Waals surface area (Å²) in [6.45, 7) is 0. The predicted molar refractivity (Wildman–Crippen MR) is 96.5 cm³/mol. The van der Waals surface area contributed by atoms with Crippen LogP contribution in [0.2, 0.25) is 0 Å². The third-order valence-corrected chi connectivity index (χ3v) is 4.58. The average molecular weight is 382 g/mol. The maximum absolute atomic E-state index is 13.0. The molecule has 0 atom stereocenters. The molecule has 4 nitrogen and oxygen atoms in total. The summed E-state index contributed by atoms with van der Waals surface area (Å²) in [6, 6.07) is 14.5. The number of carbonyl (C=O) groups is 1. The Morgan fingerprint density at radius 1 is 1.08 bits per heavy atom. The molecule has 0 amide bonds. The van der Waals surface area contributed by atoms with E-state index >= 15 is 0 Å². The molecule has 4 rings (SSSR count). The lowest BCUT2D eigenvalue weighted by Gasteiger charge is -2.01. The summed E-state index contributed by atoms with van der Waals surface area (Å²) in [5.41, 5.74) is 1.30.